The van der Waals surface area contributed by atoms with E-state index in [9.17, 15) is 0 Å². The van der Waals surface area contributed by atoms with Gasteiger partial charge in [0.2, 0.25) is 0 Å². The first-order chi connectivity index (χ1) is 12.7. The van der Waals surface area contributed by atoms with Crippen LogP contribution in [0.1, 0.15) is 35.8 Å². The number of anilines is 1. The van der Waals surface area contributed by atoms with Gasteiger partial charge < -0.3 is 10.1 Å². The van der Waals surface area contributed by atoms with Crippen molar-refractivity contribution in [2.24, 2.45) is 0 Å². The molecule has 1 aliphatic carbocycles. The molecular weight excluding hydrogens is 322 g/mol. The van der Waals surface area contributed by atoms with Crippen molar-refractivity contribution in [3.05, 3.63) is 71.5 Å². The molecule has 0 spiro atoms. The van der Waals surface area contributed by atoms with Crippen LogP contribution in [-0.2, 0) is 6.42 Å². The van der Waals surface area contributed by atoms with E-state index in [-0.39, 0.29) is 0 Å². The third-order valence-corrected chi connectivity index (χ3v) is 4.89. The molecule has 2 aromatic carbocycles. The van der Waals surface area contributed by atoms with Crippen molar-refractivity contribution >= 4 is 5.82 Å². The second-order valence-corrected chi connectivity index (χ2v) is 6.71. The second-order valence-electron chi connectivity index (χ2n) is 6.71. The Bertz CT molecular complexity index is 923. The summed E-state index contributed by atoms with van der Waals surface area (Å²) in [6.07, 6.45) is 3.47. The normalized spacial score (nSPS) is 16.0. The lowest BCUT2D eigenvalue weighted by molar-refractivity contribution is 0.415. The lowest BCUT2D eigenvalue weighted by atomic mass is 9.88. The Morgan fingerprint density at radius 2 is 1.92 bits per heavy atom. The quantitative estimate of drug-likeness (QED) is 0.727. The first-order valence-electron chi connectivity index (χ1n) is 9.07. The smallest absolute Gasteiger partial charge is 0.130 e. The molecule has 0 bridgehead atoms. The van der Waals surface area contributed by atoms with Crippen LogP contribution >= 0.6 is 0 Å². The minimum Gasteiger partial charge on any atom is -0.497 e. The molecule has 1 N–H and O–H groups in total. The van der Waals surface area contributed by atoms with Gasteiger partial charge in [-0.2, -0.15) is 0 Å². The summed E-state index contributed by atoms with van der Waals surface area (Å²) in [6, 6.07) is 19.0. The highest BCUT2D eigenvalue weighted by Crippen LogP contribution is 2.33. The molecule has 0 unspecified atom stereocenters. The number of methoxy groups -OCH3 is 1. The summed E-state index contributed by atoms with van der Waals surface area (Å²) >= 11 is 0. The lowest BCUT2D eigenvalue weighted by Gasteiger charge is -2.27. The van der Waals surface area contributed by atoms with Gasteiger partial charge in [0.05, 0.1) is 18.8 Å². The van der Waals surface area contributed by atoms with Gasteiger partial charge in [-0.25, -0.2) is 9.97 Å². The zero-order valence-electron chi connectivity index (χ0n) is 15.2. The highest BCUT2D eigenvalue weighted by Gasteiger charge is 2.20. The SMILES string of the molecule is COc1cccc(-c2cc(N[C@H]3CCCc4ccccc43)nc(C)n2)c1. The maximum Gasteiger partial charge on any atom is 0.130 e. The Kier molecular flexibility index (Phi) is 4.57. The first kappa shape index (κ1) is 16.6. The van der Waals surface area contributed by atoms with Crippen molar-refractivity contribution in [1.29, 1.82) is 0 Å². The van der Waals surface area contributed by atoms with Crippen molar-refractivity contribution in [2.45, 2.75) is 32.2 Å². The summed E-state index contributed by atoms with van der Waals surface area (Å²) in [4.78, 5) is 9.23. The number of aromatic nitrogens is 2. The molecule has 132 valence electrons. The fourth-order valence-corrected chi connectivity index (χ4v) is 3.65. The zero-order chi connectivity index (χ0) is 17.9. The van der Waals surface area contributed by atoms with Crippen LogP contribution in [-0.4, -0.2) is 17.1 Å². The monoisotopic (exact) mass is 345 g/mol. The van der Waals surface area contributed by atoms with E-state index in [0.717, 1.165) is 41.5 Å². The van der Waals surface area contributed by atoms with Crippen molar-refractivity contribution in [3.8, 4) is 17.0 Å². The van der Waals surface area contributed by atoms with Crippen molar-refractivity contribution in [3.63, 3.8) is 0 Å². The highest BCUT2D eigenvalue weighted by molar-refractivity contribution is 5.64. The molecule has 3 aromatic rings. The molecule has 4 rings (SSSR count). The number of fused-ring (bicyclic) bond motifs is 1. The lowest BCUT2D eigenvalue weighted by Crippen LogP contribution is -2.18. The van der Waals surface area contributed by atoms with Gasteiger partial charge in [-0.1, -0.05) is 36.4 Å². The fourth-order valence-electron chi connectivity index (χ4n) is 3.65. The third-order valence-electron chi connectivity index (χ3n) is 4.89. The Balaban J connectivity index is 1.65. The number of ether oxygens (including phenoxy) is 1. The summed E-state index contributed by atoms with van der Waals surface area (Å²) in [5.41, 5.74) is 4.76. The summed E-state index contributed by atoms with van der Waals surface area (Å²) in [5, 5.41) is 3.63. The molecule has 4 nitrogen and oxygen atoms in total. The molecule has 0 saturated heterocycles. The molecule has 1 aromatic heterocycles. The Morgan fingerprint density at radius 1 is 1.04 bits per heavy atom. The van der Waals surface area contributed by atoms with Crippen LogP contribution in [0.5, 0.6) is 5.75 Å². The van der Waals surface area contributed by atoms with Gasteiger partial charge in [0.15, 0.2) is 0 Å². The van der Waals surface area contributed by atoms with Crippen LogP contribution in [0.2, 0.25) is 0 Å². The van der Waals surface area contributed by atoms with E-state index < -0.39 is 0 Å². The van der Waals surface area contributed by atoms with E-state index in [1.165, 1.54) is 17.5 Å². The van der Waals surface area contributed by atoms with E-state index in [0.29, 0.717) is 6.04 Å². The van der Waals surface area contributed by atoms with Gasteiger partial charge in [0, 0.05) is 11.6 Å². The number of nitrogens with one attached hydrogen (secondary N) is 1. The van der Waals surface area contributed by atoms with Crippen molar-refractivity contribution < 1.29 is 4.74 Å². The predicted octanol–water partition coefficient (Wildman–Crippen LogP) is 4.95. The number of hydrogen-bond donors (Lipinski definition) is 1. The molecule has 1 atom stereocenters. The number of nitrogens with zero attached hydrogens (tertiary/aromatic N) is 2. The average Bonchev–Trinajstić information content (AvgIpc) is 2.68. The third kappa shape index (κ3) is 3.40. The second kappa shape index (κ2) is 7.16. The summed E-state index contributed by atoms with van der Waals surface area (Å²) in [7, 11) is 1.68. The number of aryl methyl sites for hydroxylation is 2. The topological polar surface area (TPSA) is 47.0 Å². The summed E-state index contributed by atoms with van der Waals surface area (Å²) in [5.74, 6) is 2.46. The van der Waals surface area contributed by atoms with E-state index >= 15 is 0 Å². The maximum absolute atomic E-state index is 5.34. The number of hydrogen-bond acceptors (Lipinski definition) is 4. The molecule has 4 heteroatoms. The van der Waals surface area contributed by atoms with Gasteiger partial charge in [-0.15, -0.1) is 0 Å². The summed E-state index contributed by atoms with van der Waals surface area (Å²) < 4.78 is 5.34. The van der Waals surface area contributed by atoms with Gasteiger partial charge >= 0.3 is 0 Å². The molecule has 1 aliphatic rings. The largest absolute Gasteiger partial charge is 0.497 e. The number of benzene rings is 2. The number of rotatable bonds is 4. The van der Waals surface area contributed by atoms with Crippen LogP contribution in [0.15, 0.2) is 54.6 Å². The predicted molar refractivity (Wildman–Crippen MR) is 105 cm³/mol. The van der Waals surface area contributed by atoms with E-state index in [1.807, 2.05) is 37.3 Å². The molecule has 0 saturated carbocycles. The van der Waals surface area contributed by atoms with Gasteiger partial charge in [0.1, 0.15) is 17.4 Å². The van der Waals surface area contributed by atoms with Gasteiger partial charge in [-0.05, 0) is 49.4 Å². The maximum atomic E-state index is 5.34. The minimum atomic E-state index is 0.299. The van der Waals surface area contributed by atoms with Crippen LogP contribution in [0.4, 0.5) is 5.82 Å². The Labute approximate surface area is 154 Å². The van der Waals surface area contributed by atoms with Crippen LogP contribution in [0.3, 0.4) is 0 Å². The van der Waals surface area contributed by atoms with Crippen LogP contribution in [0.25, 0.3) is 11.3 Å². The fraction of sp³-hybridized carbons (Fsp3) is 0.273. The van der Waals surface area contributed by atoms with E-state index in [2.05, 4.69) is 39.6 Å². The van der Waals surface area contributed by atoms with E-state index in [1.54, 1.807) is 7.11 Å². The van der Waals surface area contributed by atoms with Crippen LogP contribution in [0, 0.1) is 6.92 Å². The molecular formula is C22H23N3O. The van der Waals surface area contributed by atoms with Gasteiger partial charge in [0.25, 0.3) is 0 Å². The Hall–Kier alpha value is -2.88. The van der Waals surface area contributed by atoms with Crippen molar-refractivity contribution in [2.75, 3.05) is 12.4 Å². The van der Waals surface area contributed by atoms with Crippen molar-refractivity contribution in [1.82, 2.24) is 9.97 Å². The minimum absolute atomic E-state index is 0.299. The van der Waals surface area contributed by atoms with Gasteiger partial charge in [-0.3, -0.25) is 0 Å². The molecule has 0 aliphatic heterocycles. The molecule has 0 fully saturated rings. The molecule has 26 heavy (non-hydrogen) atoms. The van der Waals surface area contributed by atoms with Crippen LogP contribution < -0.4 is 10.1 Å². The molecule has 0 amide bonds. The average molecular weight is 345 g/mol. The molecule has 1 heterocycles. The van der Waals surface area contributed by atoms with E-state index in [4.69, 9.17) is 4.74 Å². The Morgan fingerprint density at radius 3 is 2.81 bits per heavy atom. The molecule has 0 radical (unpaired) electrons. The standard InChI is InChI=1S/C22H23N3O/c1-15-23-21(17-9-5-10-18(13-17)26-2)14-22(24-15)25-20-12-6-8-16-7-3-4-11-19(16)20/h3-5,7,9-11,13-14,20H,6,8,12H2,1-2H3,(H,23,24,25)/t20-/m0/s1. The highest BCUT2D eigenvalue weighted by atomic mass is 16.5. The summed E-state index contributed by atoms with van der Waals surface area (Å²) in [6.45, 7) is 1.93. The first-order valence-corrected chi connectivity index (χ1v) is 9.07. The zero-order valence-corrected chi connectivity index (χ0v) is 15.2.